The van der Waals surface area contributed by atoms with Gasteiger partial charge in [0.05, 0.1) is 15.1 Å². The lowest BCUT2D eigenvalue weighted by molar-refractivity contribution is 1.65. The molecule has 0 N–H and O–H groups in total. The Morgan fingerprint density at radius 3 is 2.00 bits per heavy atom. The molecule has 4 aromatic rings. The summed E-state index contributed by atoms with van der Waals surface area (Å²) in [4.78, 5) is 0. The lowest BCUT2D eigenvalue weighted by Crippen LogP contribution is -1.88. The van der Waals surface area contributed by atoms with Crippen LogP contribution in [0.15, 0.2) is 66.7 Å². The van der Waals surface area contributed by atoms with Crippen LogP contribution < -0.4 is 0 Å². The Labute approximate surface area is 149 Å². The van der Waals surface area contributed by atoms with E-state index in [1.807, 2.05) is 42.5 Å². The lowest BCUT2D eigenvalue weighted by Gasteiger charge is -2.15. The predicted molar refractivity (Wildman–Crippen MR) is 102 cm³/mol. The average molecular weight is 358 g/mol. The molecule has 0 fully saturated rings. The third kappa shape index (κ3) is 2.30. The molecular weight excluding hydrogens is 347 g/mol. The molecule has 0 spiro atoms. The van der Waals surface area contributed by atoms with E-state index in [0.717, 1.165) is 32.7 Å². The van der Waals surface area contributed by atoms with Crippen LogP contribution in [0.5, 0.6) is 0 Å². The van der Waals surface area contributed by atoms with Crippen molar-refractivity contribution in [2.75, 3.05) is 0 Å². The fourth-order valence-electron chi connectivity index (χ4n) is 3.04. The Hall–Kier alpha value is -1.73. The van der Waals surface area contributed by atoms with E-state index in [4.69, 9.17) is 34.8 Å². The molecule has 0 atom stereocenters. The Balaban J connectivity index is 2.26. The van der Waals surface area contributed by atoms with E-state index in [-0.39, 0.29) is 0 Å². The molecule has 0 saturated carbocycles. The maximum Gasteiger partial charge on any atom is 0.0791 e. The summed E-state index contributed by atoms with van der Waals surface area (Å²) in [7, 11) is 0. The van der Waals surface area contributed by atoms with Crippen LogP contribution in [0.1, 0.15) is 0 Å². The molecule has 3 heteroatoms. The Morgan fingerprint density at radius 2 is 1.22 bits per heavy atom. The molecule has 23 heavy (non-hydrogen) atoms. The van der Waals surface area contributed by atoms with Crippen LogP contribution in [-0.4, -0.2) is 0 Å². The van der Waals surface area contributed by atoms with Crippen LogP contribution in [0.3, 0.4) is 0 Å². The average Bonchev–Trinajstić information content (AvgIpc) is 2.60. The first-order chi connectivity index (χ1) is 11.2. The van der Waals surface area contributed by atoms with Gasteiger partial charge in [-0.05, 0) is 21.7 Å². The molecule has 0 heterocycles. The largest absolute Gasteiger partial charge is 0.0819 e. The van der Waals surface area contributed by atoms with E-state index in [0.29, 0.717) is 15.1 Å². The van der Waals surface area contributed by atoms with E-state index in [9.17, 15) is 0 Å². The second-order valence-electron chi connectivity index (χ2n) is 5.39. The zero-order valence-corrected chi connectivity index (χ0v) is 14.3. The van der Waals surface area contributed by atoms with Crippen molar-refractivity contribution < 1.29 is 0 Å². The van der Waals surface area contributed by atoms with E-state index in [1.54, 1.807) is 0 Å². The quantitative estimate of drug-likeness (QED) is 0.243. The van der Waals surface area contributed by atoms with Crippen molar-refractivity contribution in [2.45, 2.75) is 0 Å². The summed E-state index contributed by atoms with van der Waals surface area (Å²) in [5.41, 5.74) is 1.94. The summed E-state index contributed by atoms with van der Waals surface area (Å²) < 4.78 is 0. The second kappa shape index (κ2) is 5.72. The van der Waals surface area contributed by atoms with Gasteiger partial charge in [-0.3, -0.25) is 0 Å². The van der Waals surface area contributed by atoms with Crippen LogP contribution in [-0.2, 0) is 0 Å². The highest BCUT2D eigenvalue weighted by Crippen LogP contribution is 2.47. The van der Waals surface area contributed by atoms with Crippen molar-refractivity contribution in [3.8, 4) is 11.1 Å². The topological polar surface area (TPSA) is 0 Å². The van der Waals surface area contributed by atoms with Gasteiger partial charge in [0.1, 0.15) is 0 Å². The molecule has 0 nitrogen and oxygen atoms in total. The Kier molecular flexibility index (Phi) is 3.69. The van der Waals surface area contributed by atoms with Gasteiger partial charge in [-0.1, -0.05) is 102 Å². The molecule has 0 unspecified atom stereocenters. The van der Waals surface area contributed by atoms with Crippen molar-refractivity contribution >= 4 is 56.3 Å². The van der Waals surface area contributed by atoms with Gasteiger partial charge < -0.3 is 0 Å². The smallest absolute Gasteiger partial charge is 0.0791 e. The van der Waals surface area contributed by atoms with E-state index >= 15 is 0 Å². The third-order valence-electron chi connectivity index (χ3n) is 4.09. The number of halogens is 3. The number of benzene rings is 4. The highest BCUT2D eigenvalue weighted by molar-refractivity contribution is 6.53. The van der Waals surface area contributed by atoms with Gasteiger partial charge >= 0.3 is 0 Å². The fraction of sp³-hybridized carbons (Fsp3) is 0. The van der Waals surface area contributed by atoms with Crippen LogP contribution >= 0.6 is 34.8 Å². The minimum Gasteiger partial charge on any atom is -0.0819 e. The fourth-order valence-corrected chi connectivity index (χ4v) is 3.88. The lowest BCUT2D eigenvalue weighted by atomic mass is 9.94. The zero-order chi connectivity index (χ0) is 16.0. The van der Waals surface area contributed by atoms with Gasteiger partial charge in [0.15, 0.2) is 0 Å². The first-order valence-electron chi connectivity index (χ1n) is 7.22. The molecule has 0 bridgehead atoms. The highest BCUT2D eigenvalue weighted by Gasteiger charge is 2.18. The minimum atomic E-state index is 0.399. The molecule has 0 radical (unpaired) electrons. The van der Waals surface area contributed by atoms with E-state index in [2.05, 4.69) is 24.3 Å². The molecule has 0 saturated heterocycles. The summed E-state index contributed by atoms with van der Waals surface area (Å²) in [6.45, 7) is 0. The number of hydrogen-bond acceptors (Lipinski definition) is 0. The van der Waals surface area contributed by atoms with Crippen molar-refractivity contribution in [3.63, 3.8) is 0 Å². The maximum absolute atomic E-state index is 6.55. The van der Waals surface area contributed by atoms with Crippen LogP contribution in [0.25, 0.3) is 32.7 Å². The molecule has 112 valence electrons. The summed E-state index contributed by atoms with van der Waals surface area (Å²) in [6, 6.07) is 22.3. The predicted octanol–water partition coefficient (Wildman–Crippen LogP) is 7.62. The van der Waals surface area contributed by atoms with Crippen LogP contribution in [0, 0.1) is 0 Å². The van der Waals surface area contributed by atoms with Crippen molar-refractivity contribution in [2.24, 2.45) is 0 Å². The van der Waals surface area contributed by atoms with Gasteiger partial charge in [-0.15, -0.1) is 0 Å². The van der Waals surface area contributed by atoms with Gasteiger partial charge in [-0.25, -0.2) is 0 Å². The SMILES string of the molecule is Clc1c(Cl)c(Cl)c2c(ccc3ccccc32)c1-c1ccccc1. The van der Waals surface area contributed by atoms with Gasteiger partial charge in [0.25, 0.3) is 0 Å². The zero-order valence-electron chi connectivity index (χ0n) is 12.0. The summed E-state index contributed by atoms with van der Waals surface area (Å²) in [5.74, 6) is 0. The molecule has 4 rings (SSSR count). The highest BCUT2D eigenvalue weighted by atomic mass is 35.5. The monoisotopic (exact) mass is 356 g/mol. The molecule has 0 aliphatic rings. The molecule has 4 aromatic carbocycles. The molecule has 0 amide bonds. The van der Waals surface area contributed by atoms with Gasteiger partial charge in [0.2, 0.25) is 0 Å². The molecule has 0 aliphatic carbocycles. The standard InChI is InChI=1S/C20H11Cl3/c21-18-16(13-7-2-1-3-8-13)15-11-10-12-6-4-5-9-14(12)17(15)19(22)20(18)23/h1-11H. The van der Waals surface area contributed by atoms with Crippen molar-refractivity contribution in [1.29, 1.82) is 0 Å². The normalized spacial score (nSPS) is 11.3. The molecular formula is C20H11Cl3. The van der Waals surface area contributed by atoms with Crippen LogP contribution in [0.4, 0.5) is 0 Å². The van der Waals surface area contributed by atoms with Crippen molar-refractivity contribution in [3.05, 3.63) is 81.8 Å². The molecule has 0 aliphatic heterocycles. The van der Waals surface area contributed by atoms with E-state index < -0.39 is 0 Å². The summed E-state index contributed by atoms with van der Waals surface area (Å²) in [6.07, 6.45) is 0. The summed E-state index contributed by atoms with van der Waals surface area (Å²) >= 11 is 19.5. The summed E-state index contributed by atoms with van der Waals surface area (Å²) in [5, 5.41) is 5.54. The third-order valence-corrected chi connectivity index (χ3v) is 5.41. The first kappa shape index (κ1) is 14.8. The number of fused-ring (bicyclic) bond motifs is 3. The maximum atomic E-state index is 6.55. The number of rotatable bonds is 1. The molecule has 0 aromatic heterocycles. The van der Waals surface area contributed by atoms with Crippen LogP contribution in [0.2, 0.25) is 15.1 Å². The first-order valence-corrected chi connectivity index (χ1v) is 8.35. The van der Waals surface area contributed by atoms with Gasteiger partial charge in [0, 0.05) is 10.9 Å². The van der Waals surface area contributed by atoms with Gasteiger partial charge in [-0.2, -0.15) is 0 Å². The van der Waals surface area contributed by atoms with Crippen molar-refractivity contribution in [1.82, 2.24) is 0 Å². The Bertz CT molecular complexity index is 1040. The minimum absolute atomic E-state index is 0.399. The second-order valence-corrected chi connectivity index (χ2v) is 6.53. The Morgan fingerprint density at radius 1 is 0.522 bits per heavy atom. The van der Waals surface area contributed by atoms with E-state index in [1.165, 1.54) is 0 Å². The number of hydrogen-bond donors (Lipinski definition) is 0.